The molecule has 1 atom stereocenters. The van der Waals surface area contributed by atoms with Crippen molar-refractivity contribution in [1.82, 2.24) is 4.72 Å². The molecule has 2 aliphatic heterocycles. The Hall–Kier alpha value is -3.33. The van der Waals surface area contributed by atoms with Crippen molar-refractivity contribution in [2.45, 2.75) is 57.0 Å². The van der Waals surface area contributed by atoms with E-state index in [0.717, 1.165) is 42.6 Å². The number of hydrogen-bond donors (Lipinski definition) is 2. The molecule has 0 spiro atoms. The number of ether oxygens (including phenoxy) is 2. The average Bonchev–Trinajstić information content (AvgIpc) is 3.00. The van der Waals surface area contributed by atoms with Crippen LogP contribution in [-0.4, -0.2) is 39.4 Å². The minimum Gasteiger partial charge on any atom is -0.493 e. The number of carbonyl (C=O) groups excluding carboxylic acids is 1. The van der Waals surface area contributed by atoms with Crippen LogP contribution in [0.15, 0.2) is 52.4 Å². The molecular formula is C26H31N3O5S. The molecule has 0 fully saturated rings. The molecule has 2 aromatic rings. The van der Waals surface area contributed by atoms with E-state index in [1.807, 2.05) is 26.0 Å². The SMILES string of the molecule is CCOc1cc2c(cc1/C=C/C(=O)Nc1ccc(S(=O)(=O)NC3=NCCCCC3)cc1)OC(C)C2. The lowest BCUT2D eigenvalue weighted by Gasteiger charge is -2.11. The number of sulfonamides is 1. The van der Waals surface area contributed by atoms with Gasteiger partial charge in [0, 0.05) is 42.3 Å². The van der Waals surface area contributed by atoms with Crippen molar-refractivity contribution in [1.29, 1.82) is 0 Å². The van der Waals surface area contributed by atoms with Crippen LogP contribution in [0, 0.1) is 0 Å². The zero-order valence-corrected chi connectivity index (χ0v) is 20.9. The lowest BCUT2D eigenvalue weighted by molar-refractivity contribution is -0.111. The predicted molar refractivity (Wildman–Crippen MR) is 137 cm³/mol. The maximum atomic E-state index is 12.7. The number of carbonyl (C=O) groups is 1. The molecule has 35 heavy (non-hydrogen) atoms. The molecule has 2 aromatic carbocycles. The minimum atomic E-state index is -3.72. The fourth-order valence-corrected chi connectivity index (χ4v) is 5.19. The number of amides is 1. The fourth-order valence-electron chi connectivity index (χ4n) is 4.10. The molecule has 0 radical (unpaired) electrons. The van der Waals surface area contributed by atoms with Gasteiger partial charge in [-0.3, -0.25) is 14.5 Å². The summed E-state index contributed by atoms with van der Waals surface area (Å²) < 4.78 is 39.5. The van der Waals surface area contributed by atoms with Crippen molar-refractivity contribution in [3.05, 3.63) is 53.6 Å². The first kappa shape index (κ1) is 24.8. The van der Waals surface area contributed by atoms with Gasteiger partial charge in [0.25, 0.3) is 10.0 Å². The number of nitrogens with zero attached hydrogens (tertiary/aromatic N) is 1. The van der Waals surface area contributed by atoms with Gasteiger partial charge in [-0.25, -0.2) is 8.42 Å². The molecule has 1 unspecified atom stereocenters. The maximum Gasteiger partial charge on any atom is 0.262 e. The normalized spacial score (nSPS) is 17.8. The molecule has 0 saturated heterocycles. The number of aliphatic imine (C=N–C) groups is 1. The zero-order chi connectivity index (χ0) is 24.8. The van der Waals surface area contributed by atoms with E-state index in [9.17, 15) is 13.2 Å². The Bertz CT molecular complexity index is 1240. The molecule has 2 aliphatic rings. The van der Waals surface area contributed by atoms with E-state index in [2.05, 4.69) is 15.0 Å². The van der Waals surface area contributed by atoms with Crippen molar-refractivity contribution in [3.63, 3.8) is 0 Å². The molecule has 0 aromatic heterocycles. The largest absolute Gasteiger partial charge is 0.493 e. The third-order valence-corrected chi connectivity index (χ3v) is 7.20. The van der Waals surface area contributed by atoms with Gasteiger partial charge in [0.05, 0.1) is 11.5 Å². The van der Waals surface area contributed by atoms with Gasteiger partial charge >= 0.3 is 0 Å². The third-order valence-electron chi connectivity index (χ3n) is 5.80. The Labute approximate surface area is 206 Å². The van der Waals surface area contributed by atoms with Crippen LogP contribution in [0.2, 0.25) is 0 Å². The number of amidine groups is 1. The number of hydrogen-bond acceptors (Lipinski definition) is 6. The minimum absolute atomic E-state index is 0.115. The van der Waals surface area contributed by atoms with Gasteiger partial charge in [-0.05, 0) is 69.2 Å². The van der Waals surface area contributed by atoms with Crippen LogP contribution in [0.5, 0.6) is 11.5 Å². The van der Waals surface area contributed by atoms with Crippen molar-refractivity contribution in [2.75, 3.05) is 18.5 Å². The van der Waals surface area contributed by atoms with Gasteiger partial charge in [-0.2, -0.15) is 0 Å². The molecular weight excluding hydrogens is 466 g/mol. The molecule has 0 bridgehead atoms. The monoisotopic (exact) mass is 497 g/mol. The first-order valence-electron chi connectivity index (χ1n) is 12.0. The summed E-state index contributed by atoms with van der Waals surface area (Å²) in [7, 11) is -3.72. The molecule has 186 valence electrons. The summed E-state index contributed by atoms with van der Waals surface area (Å²) in [6, 6.07) is 9.90. The van der Waals surface area contributed by atoms with Crippen molar-refractivity contribution >= 4 is 33.5 Å². The van der Waals surface area contributed by atoms with Gasteiger partial charge < -0.3 is 14.8 Å². The summed E-state index contributed by atoms with van der Waals surface area (Å²) in [6.07, 6.45) is 7.61. The van der Waals surface area contributed by atoms with E-state index in [1.165, 1.54) is 18.2 Å². The zero-order valence-electron chi connectivity index (χ0n) is 20.0. The Kier molecular flexibility index (Phi) is 7.75. The fraction of sp³-hybridized carbons (Fsp3) is 0.385. The highest BCUT2D eigenvalue weighted by atomic mass is 32.2. The molecule has 1 amide bonds. The van der Waals surface area contributed by atoms with Crippen molar-refractivity contribution in [3.8, 4) is 11.5 Å². The van der Waals surface area contributed by atoms with Gasteiger partial charge in [-0.1, -0.05) is 6.42 Å². The molecule has 4 rings (SSSR count). The number of fused-ring (bicyclic) bond motifs is 1. The van der Waals surface area contributed by atoms with Crippen LogP contribution in [0.4, 0.5) is 5.69 Å². The summed E-state index contributed by atoms with van der Waals surface area (Å²) in [5.74, 6) is 1.67. The van der Waals surface area contributed by atoms with Crippen LogP contribution in [0.25, 0.3) is 6.08 Å². The van der Waals surface area contributed by atoms with Gasteiger partial charge in [0.2, 0.25) is 5.91 Å². The van der Waals surface area contributed by atoms with Crippen LogP contribution < -0.4 is 19.5 Å². The summed E-state index contributed by atoms with van der Waals surface area (Å²) in [4.78, 5) is 16.9. The van der Waals surface area contributed by atoms with Gasteiger partial charge in [0.15, 0.2) is 0 Å². The van der Waals surface area contributed by atoms with Gasteiger partial charge in [0.1, 0.15) is 23.4 Å². The molecule has 0 aliphatic carbocycles. The number of nitrogens with one attached hydrogen (secondary N) is 2. The second-order valence-electron chi connectivity index (χ2n) is 8.65. The standard InChI is InChI=1S/C26H31N3O5S/c1-3-33-23-17-20-15-18(2)34-24(20)16-19(23)8-13-26(30)28-21-9-11-22(12-10-21)35(31,32)29-25-7-5-4-6-14-27-25/h8-13,16-18H,3-7,14-15H2,1-2H3,(H,27,29)(H,28,30)/b13-8+. The van der Waals surface area contributed by atoms with Crippen LogP contribution in [0.1, 0.15) is 50.7 Å². The summed E-state index contributed by atoms with van der Waals surface area (Å²) in [5.41, 5.74) is 2.34. The van der Waals surface area contributed by atoms with E-state index in [0.29, 0.717) is 36.8 Å². The molecule has 0 saturated carbocycles. The first-order chi connectivity index (χ1) is 16.8. The van der Waals surface area contributed by atoms with Crippen LogP contribution >= 0.6 is 0 Å². The summed E-state index contributed by atoms with van der Waals surface area (Å²) in [5, 5.41) is 2.75. The third kappa shape index (κ3) is 6.42. The number of benzene rings is 2. The average molecular weight is 498 g/mol. The smallest absolute Gasteiger partial charge is 0.262 e. The lowest BCUT2D eigenvalue weighted by atomic mass is 10.1. The first-order valence-corrected chi connectivity index (χ1v) is 13.4. The van der Waals surface area contributed by atoms with Gasteiger partial charge in [-0.15, -0.1) is 0 Å². The Morgan fingerprint density at radius 1 is 1.20 bits per heavy atom. The highest BCUT2D eigenvalue weighted by molar-refractivity contribution is 7.90. The second-order valence-corrected chi connectivity index (χ2v) is 10.3. The van der Waals surface area contributed by atoms with Crippen molar-refractivity contribution < 1.29 is 22.7 Å². The highest BCUT2D eigenvalue weighted by Gasteiger charge is 2.21. The molecule has 8 nitrogen and oxygen atoms in total. The predicted octanol–water partition coefficient (Wildman–Crippen LogP) is 4.31. The highest BCUT2D eigenvalue weighted by Crippen LogP contribution is 2.35. The van der Waals surface area contributed by atoms with Crippen molar-refractivity contribution in [2.24, 2.45) is 4.99 Å². The molecule has 2 heterocycles. The Morgan fingerprint density at radius 2 is 2.00 bits per heavy atom. The molecule has 2 N–H and O–H groups in total. The Morgan fingerprint density at radius 3 is 2.77 bits per heavy atom. The second kappa shape index (κ2) is 10.9. The van der Waals surface area contributed by atoms with Crippen LogP contribution in [0.3, 0.4) is 0 Å². The van der Waals surface area contributed by atoms with E-state index in [4.69, 9.17) is 9.47 Å². The van der Waals surface area contributed by atoms with Crippen LogP contribution in [-0.2, 0) is 21.2 Å². The summed E-state index contributed by atoms with van der Waals surface area (Å²) >= 11 is 0. The van der Waals surface area contributed by atoms with E-state index in [1.54, 1.807) is 18.2 Å². The molecule has 9 heteroatoms. The van der Waals surface area contributed by atoms with E-state index in [-0.39, 0.29) is 16.9 Å². The lowest BCUT2D eigenvalue weighted by Crippen LogP contribution is -2.30. The van der Waals surface area contributed by atoms with E-state index < -0.39 is 10.0 Å². The number of anilines is 1. The number of rotatable bonds is 7. The topological polar surface area (TPSA) is 106 Å². The van der Waals surface area contributed by atoms with E-state index >= 15 is 0 Å². The quantitative estimate of drug-likeness (QED) is 0.555. The summed E-state index contributed by atoms with van der Waals surface area (Å²) in [6.45, 7) is 5.08. The Balaban J connectivity index is 1.41. The maximum absolute atomic E-state index is 12.7.